The summed E-state index contributed by atoms with van der Waals surface area (Å²) in [5.41, 5.74) is 1.10. The number of hydrogen-bond acceptors (Lipinski definition) is 6. The molecule has 3 aliphatic rings. The molecule has 1 amide bonds. The van der Waals surface area contributed by atoms with Gasteiger partial charge in [-0.2, -0.15) is 5.06 Å². The van der Waals surface area contributed by atoms with Gasteiger partial charge in [-0.15, -0.1) is 0 Å². The van der Waals surface area contributed by atoms with Gasteiger partial charge >= 0.3 is 5.97 Å². The van der Waals surface area contributed by atoms with Gasteiger partial charge < -0.3 is 15.0 Å². The van der Waals surface area contributed by atoms with Crippen molar-refractivity contribution < 1.29 is 19.2 Å². The first-order chi connectivity index (χ1) is 13.2. The highest BCUT2D eigenvalue weighted by Crippen LogP contribution is 2.33. The molecule has 0 radical (unpaired) electrons. The molecule has 3 heterocycles. The van der Waals surface area contributed by atoms with Crippen molar-refractivity contribution in [3.05, 3.63) is 35.9 Å². The van der Waals surface area contributed by atoms with E-state index in [0.29, 0.717) is 19.6 Å². The van der Waals surface area contributed by atoms with Crippen LogP contribution in [0.4, 0.5) is 0 Å². The molecule has 0 aromatic heterocycles. The largest absolute Gasteiger partial charge is 0.467 e. The van der Waals surface area contributed by atoms with E-state index in [0.717, 1.165) is 31.5 Å². The van der Waals surface area contributed by atoms with Gasteiger partial charge in [-0.25, -0.2) is 4.79 Å². The summed E-state index contributed by atoms with van der Waals surface area (Å²) in [6.45, 7) is 2.64. The molecule has 3 fully saturated rings. The van der Waals surface area contributed by atoms with Gasteiger partial charge in [0.2, 0.25) is 5.91 Å². The Morgan fingerprint density at radius 3 is 2.85 bits per heavy atom. The summed E-state index contributed by atoms with van der Waals surface area (Å²) < 4.78 is 4.98. The first-order valence-corrected chi connectivity index (χ1v) is 9.73. The number of carbonyl (C=O) groups is 2. The van der Waals surface area contributed by atoms with Crippen LogP contribution in [0, 0.1) is 5.92 Å². The Bertz CT molecular complexity index is 683. The predicted molar refractivity (Wildman–Crippen MR) is 98.4 cm³/mol. The van der Waals surface area contributed by atoms with Crippen LogP contribution in [0.15, 0.2) is 30.3 Å². The van der Waals surface area contributed by atoms with E-state index >= 15 is 0 Å². The van der Waals surface area contributed by atoms with E-state index in [1.807, 2.05) is 30.3 Å². The fourth-order valence-electron chi connectivity index (χ4n) is 4.58. The number of nitrogens with one attached hydrogen (secondary N) is 1. The topological polar surface area (TPSA) is 71.1 Å². The summed E-state index contributed by atoms with van der Waals surface area (Å²) in [4.78, 5) is 33.6. The lowest BCUT2D eigenvalue weighted by atomic mass is 9.99. The van der Waals surface area contributed by atoms with Crippen LogP contribution >= 0.6 is 0 Å². The molecule has 0 spiro atoms. The van der Waals surface area contributed by atoms with Crippen molar-refractivity contribution >= 4 is 11.9 Å². The monoisotopic (exact) mass is 373 g/mol. The van der Waals surface area contributed by atoms with Crippen LogP contribution in [-0.2, 0) is 25.7 Å². The molecule has 146 valence electrons. The summed E-state index contributed by atoms with van der Waals surface area (Å²) in [6, 6.07) is 9.22. The zero-order chi connectivity index (χ0) is 18.8. The molecular formula is C20H27N3O4. The Hall–Kier alpha value is -1.96. The standard InChI is InChI=1S/C20H27N3O4/c1-26-20(25)17-8-7-16-9-10-21-11-15-13-27-22(18(15)19(24)23(16)17)12-14-5-3-2-4-6-14/h2-6,15-18,21H,7-13H2,1H3/t15?,16?,17-,18-/m0/s1. The quantitative estimate of drug-likeness (QED) is 0.796. The lowest BCUT2D eigenvalue weighted by Gasteiger charge is -2.33. The van der Waals surface area contributed by atoms with E-state index in [4.69, 9.17) is 9.57 Å². The number of methoxy groups -OCH3 is 1. The second kappa shape index (κ2) is 7.96. The maximum Gasteiger partial charge on any atom is 0.328 e. The zero-order valence-electron chi connectivity index (χ0n) is 15.7. The number of esters is 1. The van der Waals surface area contributed by atoms with Gasteiger partial charge in [0.05, 0.1) is 13.7 Å². The average molecular weight is 373 g/mol. The predicted octanol–water partition coefficient (Wildman–Crippen LogP) is 0.944. The Labute approximate surface area is 159 Å². The molecular weight excluding hydrogens is 346 g/mol. The molecule has 27 heavy (non-hydrogen) atoms. The van der Waals surface area contributed by atoms with E-state index in [1.165, 1.54) is 7.11 Å². The third kappa shape index (κ3) is 3.59. The highest BCUT2D eigenvalue weighted by molar-refractivity contribution is 5.89. The van der Waals surface area contributed by atoms with E-state index in [1.54, 1.807) is 9.96 Å². The van der Waals surface area contributed by atoms with E-state index < -0.39 is 6.04 Å². The van der Waals surface area contributed by atoms with Crippen LogP contribution in [0.5, 0.6) is 0 Å². The fourth-order valence-corrected chi connectivity index (χ4v) is 4.58. The molecule has 4 rings (SSSR count). The normalized spacial score (nSPS) is 31.6. The molecule has 3 saturated heterocycles. The summed E-state index contributed by atoms with van der Waals surface area (Å²) in [5.74, 6) is -0.253. The number of benzene rings is 1. The molecule has 7 heteroatoms. The molecule has 1 N–H and O–H groups in total. The smallest absolute Gasteiger partial charge is 0.328 e. The van der Waals surface area contributed by atoms with Gasteiger partial charge in [0, 0.05) is 25.0 Å². The third-order valence-corrected chi connectivity index (χ3v) is 5.94. The van der Waals surface area contributed by atoms with Crippen LogP contribution in [0.1, 0.15) is 24.8 Å². The zero-order valence-corrected chi connectivity index (χ0v) is 15.7. The molecule has 1 aromatic carbocycles. The minimum atomic E-state index is -0.481. The van der Waals surface area contributed by atoms with Gasteiger partial charge in [-0.1, -0.05) is 30.3 Å². The van der Waals surface area contributed by atoms with Gasteiger partial charge in [0.25, 0.3) is 0 Å². The first-order valence-electron chi connectivity index (χ1n) is 9.73. The Morgan fingerprint density at radius 1 is 1.26 bits per heavy atom. The van der Waals surface area contributed by atoms with Crippen molar-refractivity contribution in [3.63, 3.8) is 0 Å². The maximum atomic E-state index is 13.6. The van der Waals surface area contributed by atoms with Crippen LogP contribution in [0.3, 0.4) is 0 Å². The van der Waals surface area contributed by atoms with Crippen LogP contribution in [-0.4, -0.2) is 66.8 Å². The van der Waals surface area contributed by atoms with E-state index in [2.05, 4.69) is 5.32 Å². The SMILES string of the molecule is COC(=O)[C@@H]1CCC2CCNCC3CON(Cc4ccccc4)[C@@H]3C(=O)N21. The van der Waals surface area contributed by atoms with E-state index in [-0.39, 0.29) is 29.9 Å². The molecule has 7 nitrogen and oxygen atoms in total. The summed E-state index contributed by atoms with van der Waals surface area (Å²) in [7, 11) is 1.39. The minimum absolute atomic E-state index is 0.00460. The van der Waals surface area contributed by atoms with E-state index in [9.17, 15) is 9.59 Å². The lowest BCUT2D eigenvalue weighted by molar-refractivity contribution is -0.170. The van der Waals surface area contributed by atoms with Crippen LogP contribution in [0.2, 0.25) is 0 Å². The third-order valence-electron chi connectivity index (χ3n) is 5.94. The Morgan fingerprint density at radius 2 is 2.07 bits per heavy atom. The molecule has 1 aromatic rings. The average Bonchev–Trinajstić information content (AvgIpc) is 3.29. The highest BCUT2D eigenvalue weighted by Gasteiger charge is 2.49. The summed E-state index contributed by atoms with van der Waals surface area (Å²) >= 11 is 0. The Kier molecular flexibility index (Phi) is 5.43. The van der Waals surface area contributed by atoms with Crippen molar-refractivity contribution in [1.82, 2.24) is 15.3 Å². The maximum absolute atomic E-state index is 13.6. The van der Waals surface area contributed by atoms with Gasteiger partial charge in [0.1, 0.15) is 12.1 Å². The number of amides is 1. The van der Waals surface area contributed by atoms with Crippen molar-refractivity contribution in [2.24, 2.45) is 5.92 Å². The van der Waals surface area contributed by atoms with Gasteiger partial charge in [-0.05, 0) is 31.4 Å². The van der Waals surface area contributed by atoms with Crippen LogP contribution in [0.25, 0.3) is 0 Å². The summed E-state index contributed by atoms with van der Waals surface area (Å²) in [5, 5.41) is 5.28. The number of fused-ring (bicyclic) bond motifs is 2. The van der Waals surface area contributed by atoms with Crippen molar-refractivity contribution in [3.8, 4) is 0 Å². The number of rotatable bonds is 3. The lowest BCUT2D eigenvalue weighted by Crippen LogP contribution is -2.54. The molecule has 0 aliphatic carbocycles. The van der Waals surface area contributed by atoms with Crippen molar-refractivity contribution in [1.29, 1.82) is 0 Å². The fraction of sp³-hybridized carbons (Fsp3) is 0.600. The second-order valence-electron chi connectivity index (χ2n) is 7.57. The number of ether oxygens (including phenoxy) is 1. The van der Waals surface area contributed by atoms with Crippen molar-refractivity contribution in [2.75, 3.05) is 26.8 Å². The molecule has 0 saturated carbocycles. The highest BCUT2D eigenvalue weighted by atomic mass is 16.7. The molecule has 0 bridgehead atoms. The first kappa shape index (κ1) is 18.4. The molecule has 2 unspecified atom stereocenters. The van der Waals surface area contributed by atoms with Gasteiger partial charge in [-0.3, -0.25) is 9.63 Å². The summed E-state index contributed by atoms with van der Waals surface area (Å²) in [6.07, 6.45) is 2.36. The van der Waals surface area contributed by atoms with Gasteiger partial charge in [0.15, 0.2) is 0 Å². The number of nitrogens with zero attached hydrogens (tertiary/aromatic N) is 2. The molecule has 4 atom stereocenters. The number of carbonyl (C=O) groups excluding carboxylic acids is 2. The van der Waals surface area contributed by atoms with Crippen molar-refractivity contribution in [2.45, 2.75) is 43.9 Å². The molecule has 3 aliphatic heterocycles. The number of hydroxylamine groups is 2. The Balaban J connectivity index is 1.61. The second-order valence-corrected chi connectivity index (χ2v) is 7.57. The minimum Gasteiger partial charge on any atom is -0.467 e. The van der Waals surface area contributed by atoms with Crippen LogP contribution < -0.4 is 5.32 Å². The number of hydrogen-bond donors (Lipinski definition) is 1.